The molecule has 6 nitrogen and oxygen atoms in total. The van der Waals surface area contributed by atoms with Gasteiger partial charge < -0.3 is 15.4 Å². The van der Waals surface area contributed by atoms with Crippen LogP contribution < -0.4 is 15.4 Å². The minimum absolute atomic E-state index is 0.258. The van der Waals surface area contributed by atoms with E-state index in [0.717, 1.165) is 22.7 Å². The summed E-state index contributed by atoms with van der Waals surface area (Å²) in [5.41, 5.74) is 3.41. The number of nitriles is 1. The van der Waals surface area contributed by atoms with E-state index >= 15 is 0 Å². The maximum Gasteiger partial charge on any atom is 0.270 e. The molecule has 3 rings (SSSR count). The lowest BCUT2D eigenvalue weighted by atomic mass is 10.2. The minimum Gasteiger partial charge on any atom is -0.496 e. The highest BCUT2D eigenvalue weighted by atomic mass is 16.5. The van der Waals surface area contributed by atoms with Crippen molar-refractivity contribution in [3.05, 3.63) is 83.7 Å². The fourth-order valence-corrected chi connectivity index (χ4v) is 2.51. The number of aromatic nitrogens is 1. The molecule has 0 bridgehead atoms. The number of hydrogen-bond acceptors (Lipinski definition) is 5. The first kappa shape index (κ1) is 18.0. The van der Waals surface area contributed by atoms with Gasteiger partial charge in [-0.05, 0) is 42.5 Å². The van der Waals surface area contributed by atoms with Crippen LogP contribution >= 0.6 is 0 Å². The Balaban J connectivity index is 1.60. The van der Waals surface area contributed by atoms with Crippen LogP contribution in [0.3, 0.4) is 0 Å². The number of methoxy groups -OCH3 is 1. The second-order valence-electron chi connectivity index (χ2n) is 5.74. The minimum atomic E-state index is -0.258. The van der Waals surface area contributed by atoms with Crippen LogP contribution in [0.5, 0.6) is 5.75 Å². The quantitative estimate of drug-likeness (QED) is 0.702. The zero-order valence-electron chi connectivity index (χ0n) is 14.8. The Morgan fingerprint density at radius 1 is 1.07 bits per heavy atom. The molecule has 0 saturated heterocycles. The molecule has 0 fully saturated rings. The van der Waals surface area contributed by atoms with Crippen LogP contribution in [-0.4, -0.2) is 18.0 Å². The normalized spacial score (nSPS) is 9.93. The molecule has 6 heteroatoms. The summed E-state index contributed by atoms with van der Waals surface area (Å²) in [6.45, 7) is 0.357. The second kappa shape index (κ2) is 8.50. The number of anilines is 2. The fraction of sp³-hybridized carbons (Fsp3) is 0.0952. The van der Waals surface area contributed by atoms with E-state index in [1.807, 2.05) is 36.4 Å². The van der Waals surface area contributed by atoms with Crippen molar-refractivity contribution in [1.82, 2.24) is 10.3 Å². The second-order valence-corrected chi connectivity index (χ2v) is 5.74. The predicted octanol–water partition coefficient (Wildman–Crippen LogP) is 3.64. The van der Waals surface area contributed by atoms with Crippen LogP contribution in [-0.2, 0) is 6.54 Å². The molecule has 0 unspecified atom stereocenters. The van der Waals surface area contributed by atoms with Crippen LogP contribution in [0.1, 0.15) is 21.6 Å². The number of benzene rings is 2. The van der Waals surface area contributed by atoms with Gasteiger partial charge >= 0.3 is 0 Å². The zero-order chi connectivity index (χ0) is 19.1. The van der Waals surface area contributed by atoms with Gasteiger partial charge in [0.1, 0.15) is 11.4 Å². The number of carbonyl (C=O) groups is 1. The maximum atomic E-state index is 12.3. The summed E-state index contributed by atoms with van der Waals surface area (Å²) in [6.07, 6.45) is 1.59. The van der Waals surface area contributed by atoms with Gasteiger partial charge in [-0.15, -0.1) is 0 Å². The van der Waals surface area contributed by atoms with Crippen molar-refractivity contribution in [2.24, 2.45) is 0 Å². The van der Waals surface area contributed by atoms with Gasteiger partial charge in [-0.25, -0.2) is 4.98 Å². The zero-order valence-corrected chi connectivity index (χ0v) is 14.8. The van der Waals surface area contributed by atoms with Gasteiger partial charge in [-0.3, -0.25) is 4.79 Å². The number of rotatable bonds is 6. The van der Waals surface area contributed by atoms with Gasteiger partial charge in [0.05, 0.1) is 30.6 Å². The number of pyridine rings is 1. The molecule has 0 radical (unpaired) electrons. The molecule has 0 spiro atoms. The Bertz CT molecular complexity index is 961. The molecule has 134 valence electrons. The van der Waals surface area contributed by atoms with E-state index in [-0.39, 0.29) is 5.91 Å². The van der Waals surface area contributed by atoms with Crippen molar-refractivity contribution in [3.63, 3.8) is 0 Å². The molecule has 1 aromatic heterocycles. The van der Waals surface area contributed by atoms with Crippen LogP contribution in [0.4, 0.5) is 11.4 Å². The number of nitrogens with one attached hydrogen (secondary N) is 2. The van der Waals surface area contributed by atoms with Crippen molar-refractivity contribution in [2.75, 3.05) is 12.4 Å². The summed E-state index contributed by atoms with van der Waals surface area (Å²) in [6, 6.07) is 20.1. The van der Waals surface area contributed by atoms with E-state index in [0.29, 0.717) is 17.8 Å². The summed E-state index contributed by atoms with van der Waals surface area (Å²) in [7, 11) is 1.60. The average molecular weight is 358 g/mol. The van der Waals surface area contributed by atoms with Gasteiger partial charge in [-0.1, -0.05) is 18.2 Å². The summed E-state index contributed by atoms with van der Waals surface area (Å²) in [4.78, 5) is 16.5. The lowest BCUT2D eigenvalue weighted by Gasteiger charge is -2.10. The van der Waals surface area contributed by atoms with E-state index in [9.17, 15) is 4.79 Å². The third-order valence-electron chi connectivity index (χ3n) is 3.93. The van der Waals surface area contributed by atoms with E-state index in [4.69, 9.17) is 10.00 Å². The Morgan fingerprint density at radius 3 is 2.48 bits per heavy atom. The van der Waals surface area contributed by atoms with E-state index in [1.165, 1.54) is 0 Å². The average Bonchev–Trinajstić information content (AvgIpc) is 2.73. The van der Waals surface area contributed by atoms with E-state index in [2.05, 4.69) is 21.7 Å². The molecule has 27 heavy (non-hydrogen) atoms. The highest BCUT2D eigenvalue weighted by Gasteiger charge is 2.09. The monoisotopic (exact) mass is 358 g/mol. The molecule has 0 aliphatic heterocycles. The number of hydrogen-bond donors (Lipinski definition) is 2. The van der Waals surface area contributed by atoms with E-state index in [1.54, 1.807) is 37.6 Å². The molecular weight excluding hydrogens is 340 g/mol. The third-order valence-corrected chi connectivity index (χ3v) is 3.93. The Labute approximate surface area is 157 Å². The number of nitrogens with zero attached hydrogens (tertiary/aromatic N) is 2. The summed E-state index contributed by atoms with van der Waals surface area (Å²) < 4.78 is 5.28. The maximum absolute atomic E-state index is 12.3. The van der Waals surface area contributed by atoms with Crippen LogP contribution in [0.15, 0.2) is 66.9 Å². The largest absolute Gasteiger partial charge is 0.496 e. The molecule has 1 amide bonds. The summed E-state index contributed by atoms with van der Waals surface area (Å²) in [5, 5.41) is 14.8. The predicted molar refractivity (Wildman–Crippen MR) is 103 cm³/mol. The number of carbonyl (C=O) groups excluding carboxylic acids is 1. The third kappa shape index (κ3) is 4.61. The number of para-hydroxylation sites is 1. The van der Waals surface area contributed by atoms with Gasteiger partial charge in [0.25, 0.3) is 5.91 Å². The molecule has 0 saturated carbocycles. The first-order valence-corrected chi connectivity index (χ1v) is 8.33. The topological polar surface area (TPSA) is 87.0 Å². The lowest BCUT2D eigenvalue weighted by molar-refractivity contribution is 0.0945. The highest BCUT2D eigenvalue weighted by molar-refractivity contribution is 5.92. The molecule has 0 atom stereocenters. The van der Waals surface area contributed by atoms with Crippen LogP contribution in [0.2, 0.25) is 0 Å². The van der Waals surface area contributed by atoms with Gasteiger partial charge in [0.2, 0.25) is 0 Å². The first-order chi connectivity index (χ1) is 13.2. The van der Waals surface area contributed by atoms with Crippen molar-refractivity contribution in [1.29, 1.82) is 5.26 Å². The van der Waals surface area contributed by atoms with Gasteiger partial charge in [0, 0.05) is 17.8 Å². The Kier molecular flexibility index (Phi) is 5.65. The molecule has 0 aliphatic carbocycles. The molecular formula is C21H18N4O2. The van der Waals surface area contributed by atoms with Gasteiger partial charge in [0.15, 0.2) is 0 Å². The van der Waals surface area contributed by atoms with Crippen molar-refractivity contribution < 1.29 is 9.53 Å². The van der Waals surface area contributed by atoms with E-state index < -0.39 is 0 Å². The van der Waals surface area contributed by atoms with Crippen molar-refractivity contribution in [3.8, 4) is 11.8 Å². The van der Waals surface area contributed by atoms with Gasteiger partial charge in [-0.2, -0.15) is 5.26 Å². The lowest BCUT2D eigenvalue weighted by Crippen LogP contribution is -2.24. The molecule has 2 aromatic carbocycles. The molecule has 0 aliphatic rings. The van der Waals surface area contributed by atoms with Crippen molar-refractivity contribution in [2.45, 2.75) is 6.54 Å². The molecule has 2 N–H and O–H groups in total. The van der Waals surface area contributed by atoms with Crippen LogP contribution in [0, 0.1) is 11.3 Å². The smallest absolute Gasteiger partial charge is 0.270 e. The first-order valence-electron chi connectivity index (χ1n) is 8.33. The summed E-state index contributed by atoms with van der Waals surface area (Å²) in [5.74, 6) is 0.471. The highest BCUT2D eigenvalue weighted by Crippen LogP contribution is 2.18. The Morgan fingerprint density at radius 2 is 1.81 bits per heavy atom. The van der Waals surface area contributed by atoms with Crippen molar-refractivity contribution >= 4 is 17.3 Å². The SMILES string of the molecule is COc1ccccc1CNC(=O)c1ccc(Nc2ccc(C#N)cc2)cn1. The van der Waals surface area contributed by atoms with Crippen LogP contribution in [0.25, 0.3) is 0 Å². The Hall–Kier alpha value is -3.85. The molecule has 3 aromatic rings. The summed E-state index contributed by atoms with van der Waals surface area (Å²) >= 11 is 0. The number of ether oxygens (including phenoxy) is 1. The molecule has 1 heterocycles. The number of amides is 1. The standard InChI is InChI=1S/C21H18N4O2/c1-27-20-5-3-2-4-16(20)13-24-21(26)19-11-10-18(14-23-19)25-17-8-6-15(12-22)7-9-17/h2-11,14,25H,13H2,1H3,(H,24,26). The fourth-order valence-electron chi connectivity index (χ4n) is 2.51.